The summed E-state index contributed by atoms with van der Waals surface area (Å²) in [5.41, 5.74) is 0.320. The molecule has 9 atom stereocenters. The SMILES string of the molecule is C[C@H]1C(NC2C3OCC(O3)C(O)[C@@H]2O)C=C(CO)[C@@H](O)C1O. The Hall–Kier alpha value is -0.580. The highest BCUT2D eigenvalue weighted by Crippen LogP contribution is 2.31. The smallest absolute Gasteiger partial charge is 0.176 e. The molecular formula is C14H23NO7. The van der Waals surface area contributed by atoms with Gasteiger partial charge in [0, 0.05) is 12.0 Å². The van der Waals surface area contributed by atoms with Gasteiger partial charge in [-0.15, -0.1) is 0 Å². The molecule has 0 aromatic heterocycles. The molecule has 0 spiro atoms. The van der Waals surface area contributed by atoms with Crippen LogP contribution >= 0.6 is 0 Å². The van der Waals surface area contributed by atoms with Crippen LogP contribution in [0.3, 0.4) is 0 Å². The lowest BCUT2D eigenvalue weighted by Gasteiger charge is -2.42. The van der Waals surface area contributed by atoms with Gasteiger partial charge in [0.1, 0.15) is 24.4 Å². The number of ether oxygens (including phenoxy) is 2. The molecule has 0 radical (unpaired) electrons. The van der Waals surface area contributed by atoms with Gasteiger partial charge in [0.25, 0.3) is 0 Å². The molecule has 1 aliphatic carbocycles. The van der Waals surface area contributed by atoms with Crippen molar-refractivity contribution in [3.8, 4) is 0 Å². The van der Waals surface area contributed by atoms with Crippen molar-refractivity contribution in [2.75, 3.05) is 13.2 Å². The van der Waals surface area contributed by atoms with Gasteiger partial charge in [0.2, 0.25) is 0 Å². The first kappa shape index (κ1) is 16.3. The minimum absolute atomic E-state index is 0.223. The Morgan fingerprint density at radius 1 is 1.18 bits per heavy atom. The van der Waals surface area contributed by atoms with Gasteiger partial charge >= 0.3 is 0 Å². The molecule has 3 rings (SSSR count). The van der Waals surface area contributed by atoms with Gasteiger partial charge < -0.3 is 40.3 Å². The number of hydrogen-bond acceptors (Lipinski definition) is 8. The van der Waals surface area contributed by atoms with Crippen molar-refractivity contribution in [2.24, 2.45) is 5.92 Å². The van der Waals surface area contributed by atoms with E-state index in [1.165, 1.54) is 0 Å². The lowest BCUT2D eigenvalue weighted by atomic mass is 9.81. The van der Waals surface area contributed by atoms with E-state index < -0.39 is 48.9 Å². The van der Waals surface area contributed by atoms with Crippen LogP contribution in [0.1, 0.15) is 6.92 Å². The van der Waals surface area contributed by atoms with Crippen LogP contribution in [0.5, 0.6) is 0 Å². The number of nitrogens with one attached hydrogen (secondary N) is 1. The van der Waals surface area contributed by atoms with Crippen LogP contribution in [0.2, 0.25) is 0 Å². The molecule has 6 N–H and O–H groups in total. The van der Waals surface area contributed by atoms with Crippen molar-refractivity contribution in [2.45, 2.75) is 55.8 Å². The standard InChI is InChI=1S/C14H23NO7/c1-5-7(2-6(3-16)11(18)10(5)17)15-9-13(20)12(19)8-4-21-14(9)22-8/h2,5,7-20H,3-4H2,1H3/t5-,7?,8?,9?,10?,11+,12?,13+,14?/m0/s1. The average molecular weight is 317 g/mol. The van der Waals surface area contributed by atoms with Crippen molar-refractivity contribution >= 4 is 0 Å². The highest BCUT2D eigenvalue weighted by molar-refractivity contribution is 5.21. The molecule has 0 aromatic rings. The Morgan fingerprint density at radius 3 is 2.59 bits per heavy atom. The summed E-state index contributed by atoms with van der Waals surface area (Å²) in [5.74, 6) is -0.353. The zero-order chi connectivity index (χ0) is 16.0. The first-order valence-corrected chi connectivity index (χ1v) is 7.51. The van der Waals surface area contributed by atoms with Gasteiger partial charge in [0.05, 0.1) is 25.4 Å². The molecule has 8 nitrogen and oxygen atoms in total. The molecule has 3 aliphatic rings. The third-order valence-corrected chi connectivity index (χ3v) is 4.90. The van der Waals surface area contributed by atoms with E-state index in [9.17, 15) is 25.5 Å². The normalized spacial score (nSPS) is 51.7. The Bertz CT molecular complexity index is 445. The quantitative estimate of drug-likeness (QED) is 0.305. The van der Waals surface area contributed by atoms with Crippen LogP contribution in [0, 0.1) is 5.92 Å². The van der Waals surface area contributed by atoms with Crippen LogP contribution < -0.4 is 5.32 Å². The Kier molecular flexibility index (Phi) is 4.54. The van der Waals surface area contributed by atoms with E-state index in [2.05, 4.69) is 5.32 Å². The van der Waals surface area contributed by atoms with Crippen LogP contribution in [0.15, 0.2) is 11.6 Å². The summed E-state index contributed by atoms with van der Waals surface area (Å²) in [7, 11) is 0. The predicted octanol–water partition coefficient (Wildman–Crippen LogP) is -2.92. The Labute approximate surface area is 128 Å². The van der Waals surface area contributed by atoms with Crippen molar-refractivity contribution < 1.29 is 35.0 Å². The van der Waals surface area contributed by atoms with Gasteiger partial charge in [-0.25, -0.2) is 0 Å². The number of aliphatic hydroxyl groups is 5. The highest BCUT2D eigenvalue weighted by atomic mass is 16.7. The monoisotopic (exact) mass is 317 g/mol. The van der Waals surface area contributed by atoms with Crippen LogP contribution in [-0.4, -0.2) is 87.6 Å². The molecule has 126 valence electrons. The predicted molar refractivity (Wildman–Crippen MR) is 73.7 cm³/mol. The number of rotatable bonds is 3. The summed E-state index contributed by atoms with van der Waals surface area (Å²) in [6, 6.07) is -1.07. The molecule has 0 aromatic carbocycles. The maximum atomic E-state index is 10.2. The lowest BCUT2D eigenvalue weighted by molar-refractivity contribution is -0.187. The zero-order valence-corrected chi connectivity index (χ0v) is 12.2. The highest BCUT2D eigenvalue weighted by Gasteiger charge is 2.50. The van der Waals surface area contributed by atoms with E-state index in [1.807, 2.05) is 0 Å². The molecular weight excluding hydrogens is 294 g/mol. The van der Waals surface area contributed by atoms with Crippen molar-refractivity contribution in [3.63, 3.8) is 0 Å². The van der Waals surface area contributed by atoms with Crippen molar-refractivity contribution in [1.82, 2.24) is 5.32 Å². The minimum Gasteiger partial charge on any atom is -0.392 e. The van der Waals surface area contributed by atoms with Crippen molar-refractivity contribution in [1.29, 1.82) is 0 Å². The van der Waals surface area contributed by atoms with E-state index >= 15 is 0 Å². The van der Waals surface area contributed by atoms with Gasteiger partial charge in [-0.05, 0) is 5.57 Å². The third-order valence-electron chi connectivity index (χ3n) is 4.90. The van der Waals surface area contributed by atoms with Crippen LogP contribution in [0.4, 0.5) is 0 Å². The van der Waals surface area contributed by atoms with Gasteiger partial charge in [-0.2, -0.15) is 0 Å². The van der Waals surface area contributed by atoms with E-state index in [4.69, 9.17) is 9.47 Å². The third kappa shape index (κ3) is 2.59. The fourth-order valence-corrected chi connectivity index (χ4v) is 3.35. The Morgan fingerprint density at radius 2 is 1.91 bits per heavy atom. The first-order chi connectivity index (χ1) is 10.4. The Balaban J connectivity index is 1.78. The van der Waals surface area contributed by atoms with Crippen LogP contribution in [0.25, 0.3) is 0 Å². The molecule has 2 saturated heterocycles. The molecule has 22 heavy (non-hydrogen) atoms. The molecule has 2 aliphatic heterocycles. The number of hydrogen-bond donors (Lipinski definition) is 6. The average Bonchev–Trinajstić information content (AvgIpc) is 2.96. The molecule has 8 heteroatoms. The van der Waals surface area contributed by atoms with Crippen LogP contribution in [-0.2, 0) is 9.47 Å². The minimum atomic E-state index is -1.11. The number of fused-ring (bicyclic) bond motifs is 2. The van der Waals surface area contributed by atoms with Crippen molar-refractivity contribution in [3.05, 3.63) is 11.6 Å². The van der Waals surface area contributed by atoms with E-state index in [1.54, 1.807) is 13.0 Å². The van der Waals surface area contributed by atoms with Gasteiger partial charge in [0.15, 0.2) is 6.29 Å². The lowest BCUT2D eigenvalue weighted by Crippen LogP contribution is -2.63. The van der Waals surface area contributed by atoms with Gasteiger partial charge in [-0.1, -0.05) is 13.0 Å². The fraction of sp³-hybridized carbons (Fsp3) is 0.857. The summed E-state index contributed by atoms with van der Waals surface area (Å²) < 4.78 is 10.9. The summed E-state index contributed by atoms with van der Waals surface area (Å²) in [5, 5.41) is 52.6. The fourth-order valence-electron chi connectivity index (χ4n) is 3.35. The largest absolute Gasteiger partial charge is 0.392 e. The van der Waals surface area contributed by atoms with E-state index in [0.717, 1.165) is 0 Å². The molecule has 6 unspecified atom stereocenters. The zero-order valence-electron chi connectivity index (χ0n) is 12.2. The summed E-state index contributed by atoms with van der Waals surface area (Å²) in [4.78, 5) is 0. The number of aliphatic hydroxyl groups excluding tert-OH is 5. The second-order valence-electron chi connectivity index (χ2n) is 6.27. The first-order valence-electron chi connectivity index (χ1n) is 7.51. The maximum Gasteiger partial charge on any atom is 0.176 e. The second kappa shape index (κ2) is 6.14. The molecule has 0 amide bonds. The topological polar surface area (TPSA) is 132 Å². The summed E-state index contributed by atoms with van der Waals surface area (Å²) in [6.45, 7) is 1.61. The second-order valence-corrected chi connectivity index (χ2v) is 6.27. The van der Waals surface area contributed by atoms with E-state index in [0.29, 0.717) is 5.57 Å². The maximum absolute atomic E-state index is 10.2. The molecule has 2 bridgehead atoms. The molecule has 2 fully saturated rings. The van der Waals surface area contributed by atoms with E-state index in [-0.39, 0.29) is 19.1 Å². The van der Waals surface area contributed by atoms with Gasteiger partial charge in [-0.3, -0.25) is 0 Å². The molecule has 0 saturated carbocycles. The molecule has 2 heterocycles. The summed E-state index contributed by atoms with van der Waals surface area (Å²) >= 11 is 0. The summed E-state index contributed by atoms with van der Waals surface area (Å²) in [6.07, 6.45) is -3.82.